The molecule has 0 aromatic heterocycles. The van der Waals surface area contributed by atoms with Crippen molar-refractivity contribution in [2.24, 2.45) is 5.41 Å². The molecule has 1 aromatic carbocycles. The summed E-state index contributed by atoms with van der Waals surface area (Å²) in [5.41, 5.74) is 0.796. The molecule has 0 unspecified atom stereocenters. The van der Waals surface area contributed by atoms with Crippen LogP contribution in [0.2, 0.25) is 5.02 Å². The van der Waals surface area contributed by atoms with Crippen LogP contribution in [0, 0.1) is 15.5 Å². The molecule has 1 saturated carbocycles. The fourth-order valence-electron chi connectivity index (χ4n) is 2.45. The fraction of sp³-hybridized carbons (Fsp3) is 0.538. The maximum atomic E-state index is 11.0. The molecule has 1 aromatic rings. The van der Waals surface area contributed by atoms with Crippen LogP contribution in [0.1, 0.15) is 32.6 Å². The maximum Gasteiger partial charge on any atom is 0.293 e. The molecule has 0 atom stereocenters. The summed E-state index contributed by atoms with van der Waals surface area (Å²) >= 11 is 6.04. The Morgan fingerprint density at radius 2 is 2.22 bits per heavy atom. The summed E-state index contributed by atoms with van der Waals surface area (Å²) in [7, 11) is 0. The third-order valence-electron chi connectivity index (χ3n) is 3.99. The van der Waals surface area contributed by atoms with Gasteiger partial charge in [0.1, 0.15) is 5.69 Å². The lowest BCUT2D eigenvalue weighted by Crippen LogP contribution is -2.36. The van der Waals surface area contributed by atoms with Crippen LogP contribution in [0.15, 0.2) is 18.2 Å². The van der Waals surface area contributed by atoms with Gasteiger partial charge in [0.25, 0.3) is 5.69 Å². The van der Waals surface area contributed by atoms with Gasteiger partial charge in [0.2, 0.25) is 0 Å². The first-order chi connectivity index (χ1) is 8.58. The molecule has 1 aliphatic carbocycles. The van der Waals surface area contributed by atoms with E-state index in [-0.39, 0.29) is 5.69 Å². The monoisotopic (exact) mass is 268 g/mol. The number of nitro groups is 1. The Labute approximate surface area is 111 Å². The molecule has 0 bridgehead atoms. The van der Waals surface area contributed by atoms with Crippen molar-refractivity contribution in [1.82, 2.24) is 0 Å². The minimum Gasteiger partial charge on any atom is -0.378 e. The van der Waals surface area contributed by atoms with Gasteiger partial charge in [-0.3, -0.25) is 10.1 Å². The molecular formula is C13H17ClN2O2. The lowest BCUT2D eigenvalue weighted by Gasteiger charge is -2.41. The van der Waals surface area contributed by atoms with E-state index in [1.807, 2.05) is 0 Å². The predicted molar refractivity (Wildman–Crippen MR) is 73.2 cm³/mol. The minimum atomic E-state index is -0.395. The number of anilines is 1. The van der Waals surface area contributed by atoms with Crippen LogP contribution >= 0.6 is 11.6 Å². The first-order valence-electron chi connectivity index (χ1n) is 6.25. The first kappa shape index (κ1) is 13.1. The molecule has 0 spiro atoms. The number of nitro benzene ring substituents is 1. The van der Waals surface area contributed by atoms with Crippen molar-refractivity contribution in [3.63, 3.8) is 0 Å². The van der Waals surface area contributed by atoms with E-state index in [0.717, 1.165) is 13.0 Å². The van der Waals surface area contributed by atoms with Crippen molar-refractivity contribution in [2.45, 2.75) is 32.6 Å². The second-order valence-corrected chi connectivity index (χ2v) is 5.36. The maximum absolute atomic E-state index is 11.0. The fourth-order valence-corrected chi connectivity index (χ4v) is 2.68. The molecule has 1 aliphatic rings. The SMILES string of the molecule is CCC1(CNc2c(Cl)cccc2[N+](=O)[O-])CCC1. The zero-order valence-corrected chi connectivity index (χ0v) is 11.2. The number of benzene rings is 1. The molecule has 5 heteroatoms. The minimum absolute atomic E-state index is 0.0491. The van der Waals surface area contributed by atoms with Gasteiger partial charge < -0.3 is 5.32 Å². The van der Waals surface area contributed by atoms with Crippen molar-refractivity contribution in [3.8, 4) is 0 Å². The van der Waals surface area contributed by atoms with Crippen molar-refractivity contribution in [1.29, 1.82) is 0 Å². The molecule has 98 valence electrons. The van der Waals surface area contributed by atoms with Gasteiger partial charge in [-0.15, -0.1) is 0 Å². The summed E-state index contributed by atoms with van der Waals surface area (Å²) in [4.78, 5) is 10.6. The second-order valence-electron chi connectivity index (χ2n) is 4.95. The van der Waals surface area contributed by atoms with Crippen LogP contribution in [-0.2, 0) is 0 Å². The molecule has 0 heterocycles. The Balaban J connectivity index is 2.15. The van der Waals surface area contributed by atoms with E-state index in [1.54, 1.807) is 12.1 Å². The summed E-state index contributed by atoms with van der Waals surface area (Å²) in [6, 6.07) is 4.76. The third kappa shape index (κ3) is 2.43. The van der Waals surface area contributed by atoms with Crippen LogP contribution < -0.4 is 5.32 Å². The highest BCUT2D eigenvalue weighted by molar-refractivity contribution is 6.33. The van der Waals surface area contributed by atoms with Crippen LogP contribution in [-0.4, -0.2) is 11.5 Å². The van der Waals surface area contributed by atoms with E-state index < -0.39 is 4.92 Å². The lowest BCUT2D eigenvalue weighted by atomic mass is 9.67. The van der Waals surface area contributed by atoms with Gasteiger partial charge in [-0.2, -0.15) is 0 Å². The van der Waals surface area contributed by atoms with Gasteiger partial charge in [0.05, 0.1) is 9.95 Å². The highest BCUT2D eigenvalue weighted by Crippen LogP contribution is 2.44. The van der Waals surface area contributed by atoms with E-state index in [2.05, 4.69) is 12.2 Å². The van der Waals surface area contributed by atoms with E-state index in [0.29, 0.717) is 16.1 Å². The zero-order chi connectivity index (χ0) is 13.2. The average molecular weight is 269 g/mol. The Kier molecular flexibility index (Phi) is 3.76. The molecule has 4 nitrogen and oxygen atoms in total. The summed E-state index contributed by atoms with van der Waals surface area (Å²) in [6.07, 6.45) is 4.72. The van der Waals surface area contributed by atoms with Gasteiger partial charge >= 0.3 is 0 Å². The summed E-state index contributed by atoms with van der Waals surface area (Å²) < 4.78 is 0. The third-order valence-corrected chi connectivity index (χ3v) is 4.31. The van der Waals surface area contributed by atoms with Gasteiger partial charge in [0, 0.05) is 12.6 Å². The van der Waals surface area contributed by atoms with Crippen LogP contribution in [0.4, 0.5) is 11.4 Å². The van der Waals surface area contributed by atoms with Crippen molar-refractivity contribution in [2.75, 3.05) is 11.9 Å². The number of nitrogens with one attached hydrogen (secondary N) is 1. The second kappa shape index (κ2) is 5.14. The molecule has 0 saturated heterocycles. The Morgan fingerprint density at radius 3 is 2.72 bits per heavy atom. The topological polar surface area (TPSA) is 55.2 Å². The summed E-state index contributed by atoms with van der Waals surface area (Å²) in [6.45, 7) is 2.93. The molecular weight excluding hydrogens is 252 g/mol. The van der Waals surface area contributed by atoms with E-state index in [4.69, 9.17) is 11.6 Å². The summed E-state index contributed by atoms with van der Waals surface area (Å²) in [5, 5.41) is 14.6. The van der Waals surface area contributed by atoms with Gasteiger partial charge in [-0.25, -0.2) is 0 Å². The largest absolute Gasteiger partial charge is 0.378 e. The van der Waals surface area contributed by atoms with E-state index >= 15 is 0 Å². The summed E-state index contributed by atoms with van der Waals surface area (Å²) in [5.74, 6) is 0. The van der Waals surface area contributed by atoms with Gasteiger partial charge in [0.15, 0.2) is 0 Å². The Morgan fingerprint density at radius 1 is 1.50 bits per heavy atom. The molecule has 0 amide bonds. The van der Waals surface area contributed by atoms with Crippen molar-refractivity contribution in [3.05, 3.63) is 33.3 Å². The molecule has 0 radical (unpaired) electrons. The average Bonchev–Trinajstić information content (AvgIpc) is 2.29. The van der Waals surface area contributed by atoms with Gasteiger partial charge in [-0.05, 0) is 30.7 Å². The highest BCUT2D eigenvalue weighted by atomic mass is 35.5. The van der Waals surface area contributed by atoms with Gasteiger partial charge in [-0.1, -0.05) is 31.0 Å². The zero-order valence-electron chi connectivity index (χ0n) is 10.4. The van der Waals surface area contributed by atoms with Crippen molar-refractivity contribution >= 4 is 23.0 Å². The van der Waals surface area contributed by atoms with Crippen LogP contribution in [0.3, 0.4) is 0 Å². The number of para-hydroxylation sites is 1. The standard InChI is InChI=1S/C13H17ClN2O2/c1-2-13(7-4-8-13)9-15-12-10(14)5-3-6-11(12)16(17)18/h3,5-6,15H,2,4,7-9H2,1H3. The van der Waals surface area contributed by atoms with Crippen LogP contribution in [0.25, 0.3) is 0 Å². The lowest BCUT2D eigenvalue weighted by molar-refractivity contribution is -0.384. The predicted octanol–water partition coefficient (Wildman–Crippen LogP) is 4.24. The molecule has 0 aliphatic heterocycles. The quantitative estimate of drug-likeness (QED) is 0.642. The molecule has 2 rings (SSSR count). The molecule has 1 fully saturated rings. The number of hydrogen-bond acceptors (Lipinski definition) is 3. The van der Waals surface area contributed by atoms with E-state index in [9.17, 15) is 10.1 Å². The Hall–Kier alpha value is -1.29. The smallest absolute Gasteiger partial charge is 0.293 e. The molecule has 1 N–H and O–H groups in total. The Bertz CT molecular complexity index is 453. The molecule has 18 heavy (non-hydrogen) atoms. The number of rotatable bonds is 5. The van der Waals surface area contributed by atoms with E-state index in [1.165, 1.54) is 25.3 Å². The van der Waals surface area contributed by atoms with Crippen molar-refractivity contribution < 1.29 is 4.92 Å². The van der Waals surface area contributed by atoms with Crippen LogP contribution in [0.5, 0.6) is 0 Å². The normalized spacial score (nSPS) is 17.0. The highest BCUT2D eigenvalue weighted by Gasteiger charge is 2.35. The first-order valence-corrected chi connectivity index (χ1v) is 6.62. The number of halogens is 1. The number of nitrogens with zero attached hydrogens (tertiary/aromatic N) is 1. The number of hydrogen-bond donors (Lipinski definition) is 1.